The summed E-state index contributed by atoms with van der Waals surface area (Å²) in [6.45, 7) is 0.0995. The van der Waals surface area contributed by atoms with Gasteiger partial charge in [-0.3, -0.25) is 9.59 Å². The molecule has 1 rings (SSSR count). The zero-order chi connectivity index (χ0) is 15.8. The molecule has 1 N–H and O–H groups in total. The molecule has 1 aliphatic rings. The third-order valence-corrected chi connectivity index (χ3v) is 2.89. The molecule has 1 aliphatic heterocycles. The van der Waals surface area contributed by atoms with E-state index in [1.54, 1.807) is 0 Å². The number of ether oxygens (including phenoxy) is 2. The van der Waals surface area contributed by atoms with Crippen LogP contribution in [0.4, 0.5) is 0 Å². The fraction of sp³-hybridized carbons (Fsp3) is 0.615. The van der Waals surface area contributed by atoms with Crippen LogP contribution in [-0.4, -0.2) is 49.8 Å². The van der Waals surface area contributed by atoms with Crippen LogP contribution in [0.2, 0.25) is 0 Å². The molecular weight excluding hydrogens is 284 g/mol. The number of rotatable bonds is 9. The summed E-state index contributed by atoms with van der Waals surface area (Å²) in [7, 11) is 2.58. The minimum atomic E-state index is -0.910. The molecule has 0 saturated heterocycles. The second-order valence-corrected chi connectivity index (χ2v) is 4.28. The largest absolute Gasteiger partial charge is 0.507 e. The minimum absolute atomic E-state index is 0.0507. The maximum Gasteiger partial charge on any atom is 0.346 e. The van der Waals surface area contributed by atoms with Gasteiger partial charge in [0.15, 0.2) is 17.6 Å². The van der Waals surface area contributed by atoms with Crippen molar-refractivity contribution in [3.05, 3.63) is 11.3 Å². The Labute approximate surface area is 121 Å². The van der Waals surface area contributed by atoms with Gasteiger partial charge in [0.05, 0.1) is 20.8 Å². The van der Waals surface area contributed by atoms with Gasteiger partial charge in [0.1, 0.15) is 5.57 Å². The predicted octanol–water partition coefficient (Wildman–Crippen LogP) is 0.604. The number of esters is 2. The van der Waals surface area contributed by atoms with Crippen molar-refractivity contribution in [1.82, 2.24) is 0 Å². The van der Waals surface area contributed by atoms with Crippen molar-refractivity contribution in [3.63, 3.8) is 0 Å². The molecule has 8 heteroatoms. The van der Waals surface area contributed by atoms with Crippen LogP contribution >= 0.6 is 0 Å². The topological polar surface area (TPSA) is 108 Å². The van der Waals surface area contributed by atoms with E-state index >= 15 is 0 Å². The summed E-state index contributed by atoms with van der Waals surface area (Å²) in [6.07, 6.45) is -0.495. The van der Waals surface area contributed by atoms with Gasteiger partial charge in [-0.2, -0.15) is 0 Å². The maximum absolute atomic E-state index is 11.9. The Morgan fingerprint density at radius 3 is 2.62 bits per heavy atom. The molecule has 0 fully saturated rings. The first-order valence-corrected chi connectivity index (χ1v) is 6.41. The highest BCUT2D eigenvalue weighted by Gasteiger charge is 2.37. The number of carbonyl (C=O) groups excluding carboxylic acids is 3. The van der Waals surface area contributed by atoms with Crippen molar-refractivity contribution in [1.29, 1.82) is 0 Å². The molecule has 1 unspecified atom stereocenters. The zero-order valence-corrected chi connectivity index (χ0v) is 11.9. The summed E-state index contributed by atoms with van der Waals surface area (Å²) >= 11 is 0. The van der Waals surface area contributed by atoms with E-state index in [1.807, 2.05) is 0 Å². The lowest BCUT2D eigenvalue weighted by atomic mass is 10.0. The Morgan fingerprint density at radius 2 is 2.00 bits per heavy atom. The molecule has 0 amide bonds. The number of carbonyl (C=O) groups is 3. The van der Waals surface area contributed by atoms with Gasteiger partial charge in [0, 0.05) is 19.3 Å². The van der Waals surface area contributed by atoms with E-state index in [0.29, 0.717) is 0 Å². The summed E-state index contributed by atoms with van der Waals surface area (Å²) in [5.41, 5.74) is -0.359. The molecule has 0 aromatic carbocycles. The van der Waals surface area contributed by atoms with Gasteiger partial charge in [-0.25, -0.2) is 14.6 Å². The van der Waals surface area contributed by atoms with Crippen LogP contribution < -0.4 is 0 Å². The Hall–Kier alpha value is -1.93. The molecule has 118 valence electrons. The van der Waals surface area contributed by atoms with Gasteiger partial charge in [0.2, 0.25) is 0 Å². The van der Waals surface area contributed by atoms with E-state index in [-0.39, 0.29) is 37.9 Å². The van der Waals surface area contributed by atoms with Crippen LogP contribution in [0, 0.1) is 0 Å². The van der Waals surface area contributed by atoms with Crippen LogP contribution in [0.5, 0.6) is 0 Å². The van der Waals surface area contributed by atoms with Gasteiger partial charge >= 0.3 is 11.9 Å². The zero-order valence-electron chi connectivity index (χ0n) is 11.9. The van der Waals surface area contributed by atoms with Crippen LogP contribution in [-0.2, 0) is 33.6 Å². The highest BCUT2D eigenvalue weighted by Crippen LogP contribution is 2.25. The van der Waals surface area contributed by atoms with Crippen LogP contribution in [0.15, 0.2) is 11.3 Å². The number of aliphatic hydroxyl groups is 1. The second kappa shape index (κ2) is 8.38. The van der Waals surface area contributed by atoms with Crippen molar-refractivity contribution < 1.29 is 38.7 Å². The molecular formula is C13H18O8. The Balaban J connectivity index is 2.55. The number of aliphatic hydroxyl groups excluding tert-OH is 1. The smallest absolute Gasteiger partial charge is 0.346 e. The summed E-state index contributed by atoms with van der Waals surface area (Å²) in [4.78, 5) is 43.4. The summed E-state index contributed by atoms with van der Waals surface area (Å²) in [5.74, 6) is -2.26. The molecule has 0 bridgehead atoms. The van der Waals surface area contributed by atoms with E-state index in [9.17, 15) is 19.5 Å². The monoisotopic (exact) mass is 302 g/mol. The van der Waals surface area contributed by atoms with Crippen molar-refractivity contribution in [2.45, 2.75) is 31.8 Å². The van der Waals surface area contributed by atoms with E-state index in [4.69, 9.17) is 4.74 Å². The highest BCUT2D eigenvalue weighted by atomic mass is 17.2. The first-order valence-electron chi connectivity index (χ1n) is 6.41. The van der Waals surface area contributed by atoms with Crippen molar-refractivity contribution in [2.75, 3.05) is 20.8 Å². The highest BCUT2D eigenvalue weighted by molar-refractivity contribution is 6.19. The quantitative estimate of drug-likeness (QED) is 0.217. The lowest BCUT2D eigenvalue weighted by Gasteiger charge is -2.08. The minimum Gasteiger partial charge on any atom is -0.507 e. The van der Waals surface area contributed by atoms with Crippen molar-refractivity contribution in [3.8, 4) is 0 Å². The number of Topliss-reactive ketones (excluding diaryl/α,β-unsaturated/α-hetero) is 1. The normalized spacial score (nSPS) is 17.8. The first kappa shape index (κ1) is 17.1. The van der Waals surface area contributed by atoms with Gasteiger partial charge in [0.25, 0.3) is 0 Å². The number of hydrogen-bond donors (Lipinski definition) is 1. The Bertz CT molecular complexity index is 439. The fourth-order valence-corrected chi connectivity index (χ4v) is 1.82. The standard InChI is InChI=1S/C13H18O8/c1-18-10(15)5-3-4-8(14)11-12(16)9(21-13(11)17)6-7-20-19-2/h9,16H,3-7H2,1-2H3. The van der Waals surface area contributed by atoms with E-state index in [1.165, 1.54) is 14.2 Å². The number of hydrogen-bond acceptors (Lipinski definition) is 8. The lowest BCUT2D eigenvalue weighted by molar-refractivity contribution is -0.274. The van der Waals surface area contributed by atoms with Crippen molar-refractivity contribution >= 4 is 17.7 Å². The Kier molecular flexibility index (Phi) is 6.83. The fourth-order valence-electron chi connectivity index (χ4n) is 1.82. The Morgan fingerprint density at radius 1 is 1.29 bits per heavy atom. The van der Waals surface area contributed by atoms with E-state index < -0.39 is 29.6 Å². The van der Waals surface area contributed by atoms with Gasteiger partial charge in [-0.1, -0.05) is 0 Å². The molecule has 1 heterocycles. The number of cyclic esters (lactones) is 1. The SMILES string of the molecule is COOCCC1OC(=O)C(C(=O)CCCC(=O)OC)=C1O. The molecule has 0 aliphatic carbocycles. The predicted molar refractivity (Wildman–Crippen MR) is 68.0 cm³/mol. The third-order valence-electron chi connectivity index (χ3n) is 2.89. The molecule has 21 heavy (non-hydrogen) atoms. The van der Waals surface area contributed by atoms with Gasteiger partial charge in [-0.15, -0.1) is 0 Å². The number of ketones is 1. The average molecular weight is 302 g/mol. The van der Waals surface area contributed by atoms with E-state index in [0.717, 1.165) is 0 Å². The van der Waals surface area contributed by atoms with Crippen LogP contribution in [0.25, 0.3) is 0 Å². The maximum atomic E-state index is 11.9. The molecule has 0 saturated carbocycles. The first-order chi connectivity index (χ1) is 10.0. The van der Waals surface area contributed by atoms with Crippen LogP contribution in [0.3, 0.4) is 0 Å². The summed E-state index contributed by atoms with van der Waals surface area (Å²) in [5, 5.41) is 9.87. The molecule has 0 aromatic heterocycles. The molecule has 0 aromatic rings. The lowest BCUT2D eigenvalue weighted by Crippen LogP contribution is -2.14. The molecule has 0 spiro atoms. The van der Waals surface area contributed by atoms with Gasteiger partial charge < -0.3 is 14.6 Å². The average Bonchev–Trinajstić information content (AvgIpc) is 2.73. The molecule has 8 nitrogen and oxygen atoms in total. The van der Waals surface area contributed by atoms with Crippen molar-refractivity contribution in [2.24, 2.45) is 0 Å². The summed E-state index contributed by atoms with van der Waals surface area (Å²) in [6, 6.07) is 0. The summed E-state index contributed by atoms with van der Waals surface area (Å²) < 4.78 is 9.33. The third kappa shape index (κ3) is 4.83. The van der Waals surface area contributed by atoms with Crippen LogP contribution in [0.1, 0.15) is 25.7 Å². The number of methoxy groups -OCH3 is 1. The second-order valence-electron chi connectivity index (χ2n) is 4.28. The van der Waals surface area contributed by atoms with Gasteiger partial charge in [-0.05, 0) is 6.42 Å². The molecule has 1 atom stereocenters. The molecule has 0 radical (unpaired) electrons. The van der Waals surface area contributed by atoms with E-state index in [2.05, 4.69) is 14.5 Å².